The van der Waals surface area contributed by atoms with Crippen LogP contribution in [0.1, 0.15) is 17.4 Å². The summed E-state index contributed by atoms with van der Waals surface area (Å²) in [7, 11) is -3.49. The average molecular weight is 204 g/mol. The standard InChI is InChI=1S/C6H8N2O4S/c1-2-13(10,11)4-3-12-8-5(4)6(7)9/h3H,2H2,1H3,(H2,7,9). The van der Waals surface area contributed by atoms with Crippen LogP contribution in [-0.4, -0.2) is 25.2 Å². The van der Waals surface area contributed by atoms with Crippen molar-refractivity contribution >= 4 is 15.7 Å². The van der Waals surface area contributed by atoms with Crippen molar-refractivity contribution < 1.29 is 17.7 Å². The van der Waals surface area contributed by atoms with Gasteiger partial charge in [0.25, 0.3) is 5.91 Å². The summed E-state index contributed by atoms with van der Waals surface area (Å²) in [6.07, 6.45) is 0.902. The fourth-order valence-electron chi connectivity index (χ4n) is 0.770. The van der Waals surface area contributed by atoms with Gasteiger partial charge in [-0.15, -0.1) is 0 Å². The smallest absolute Gasteiger partial charge is 0.272 e. The van der Waals surface area contributed by atoms with Gasteiger partial charge >= 0.3 is 0 Å². The third kappa shape index (κ3) is 1.69. The molecule has 0 aliphatic heterocycles. The second-order valence-corrected chi connectivity index (χ2v) is 4.54. The highest BCUT2D eigenvalue weighted by molar-refractivity contribution is 7.91. The molecule has 1 amide bonds. The number of rotatable bonds is 3. The monoisotopic (exact) mass is 204 g/mol. The highest BCUT2D eigenvalue weighted by Crippen LogP contribution is 2.14. The van der Waals surface area contributed by atoms with Gasteiger partial charge in [0.2, 0.25) is 0 Å². The van der Waals surface area contributed by atoms with Gasteiger partial charge in [0, 0.05) is 0 Å². The molecule has 0 bridgehead atoms. The lowest BCUT2D eigenvalue weighted by Gasteiger charge is -1.95. The summed E-state index contributed by atoms with van der Waals surface area (Å²) < 4.78 is 26.9. The molecule has 0 radical (unpaired) electrons. The third-order valence-corrected chi connectivity index (χ3v) is 3.21. The SMILES string of the molecule is CCS(=O)(=O)c1conc1C(N)=O. The van der Waals surface area contributed by atoms with E-state index >= 15 is 0 Å². The molecule has 0 aliphatic carbocycles. The molecule has 2 N–H and O–H groups in total. The predicted octanol–water partition coefficient (Wildman–Crippen LogP) is -0.433. The highest BCUT2D eigenvalue weighted by atomic mass is 32.2. The molecular formula is C6H8N2O4S. The average Bonchev–Trinajstić information content (AvgIpc) is 2.52. The molecule has 0 saturated carbocycles. The summed E-state index contributed by atoms with van der Waals surface area (Å²) >= 11 is 0. The van der Waals surface area contributed by atoms with E-state index in [1.54, 1.807) is 0 Å². The second-order valence-electron chi connectivity index (χ2n) is 2.30. The van der Waals surface area contributed by atoms with E-state index in [0.717, 1.165) is 6.26 Å². The molecule has 0 unspecified atom stereocenters. The second kappa shape index (κ2) is 3.17. The number of hydrogen-bond donors (Lipinski definition) is 1. The van der Waals surface area contributed by atoms with Crippen LogP contribution in [0, 0.1) is 0 Å². The van der Waals surface area contributed by atoms with Crippen LogP contribution in [0.4, 0.5) is 0 Å². The molecule has 1 aromatic rings. The topological polar surface area (TPSA) is 103 Å². The Morgan fingerprint density at radius 3 is 2.77 bits per heavy atom. The number of primary amides is 1. The van der Waals surface area contributed by atoms with Gasteiger partial charge in [0.05, 0.1) is 5.75 Å². The maximum atomic E-state index is 11.3. The van der Waals surface area contributed by atoms with Crippen LogP contribution in [0.3, 0.4) is 0 Å². The van der Waals surface area contributed by atoms with Gasteiger partial charge in [-0.05, 0) is 0 Å². The Bertz CT molecular complexity index is 420. The molecule has 1 rings (SSSR count). The quantitative estimate of drug-likeness (QED) is 0.719. The number of hydrogen-bond acceptors (Lipinski definition) is 5. The van der Waals surface area contributed by atoms with E-state index in [1.807, 2.05) is 0 Å². The third-order valence-electron chi connectivity index (χ3n) is 1.49. The first-order valence-electron chi connectivity index (χ1n) is 3.46. The van der Waals surface area contributed by atoms with Crippen molar-refractivity contribution in [2.45, 2.75) is 11.8 Å². The van der Waals surface area contributed by atoms with Crippen LogP contribution < -0.4 is 5.73 Å². The van der Waals surface area contributed by atoms with Crippen molar-refractivity contribution in [2.24, 2.45) is 5.73 Å². The summed E-state index contributed by atoms with van der Waals surface area (Å²) in [4.78, 5) is 10.4. The van der Waals surface area contributed by atoms with E-state index < -0.39 is 15.7 Å². The Morgan fingerprint density at radius 2 is 2.31 bits per heavy atom. The minimum Gasteiger partial charge on any atom is -0.364 e. The molecule has 0 atom stereocenters. The zero-order chi connectivity index (χ0) is 10.1. The van der Waals surface area contributed by atoms with Crippen molar-refractivity contribution in [3.63, 3.8) is 0 Å². The number of aromatic nitrogens is 1. The van der Waals surface area contributed by atoms with E-state index in [0.29, 0.717) is 0 Å². The minimum absolute atomic E-state index is 0.130. The number of carbonyl (C=O) groups is 1. The van der Waals surface area contributed by atoms with Crippen LogP contribution >= 0.6 is 0 Å². The molecule has 72 valence electrons. The first-order chi connectivity index (χ1) is 5.99. The lowest BCUT2D eigenvalue weighted by molar-refractivity contribution is 0.0989. The maximum Gasteiger partial charge on any atom is 0.272 e. The maximum absolute atomic E-state index is 11.3. The van der Waals surface area contributed by atoms with Crippen molar-refractivity contribution in [3.05, 3.63) is 12.0 Å². The van der Waals surface area contributed by atoms with Gasteiger partial charge in [0.1, 0.15) is 11.2 Å². The van der Waals surface area contributed by atoms with E-state index in [2.05, 4.69) is 9.68 Å². The Labute approximate surface area is 74.6 Å². The van der Waals surface area contributed by atoms with Gasteiger partial charge in [-0.2, -0.15) is 0 Å². The Hall–Kier alpha value is -1.37. The van der Waals surface area contributed by atoms with Gasteiger partial charge in [0.15, 0.2) is 15.5 Å². The molecule has 0 spiro atoms. The first-order valence-corrected chi connectivity index (χ1v) is 5.11. The van der Waals surface area contributed by atoms with Crippen LogP contribution in [0.15, 0.2) is 15.7 Å². The zero-order valence-corrected chi connectivity index (χ0v) is 7.67. The lowest BCUT2D eigenvalue weighted by Crippen LogP contribution is -2.16. The molecule has 1 aromatic heterocycles. The van der Waals surface area contributed by atoms with E-state index in [4.69, 9.17) is 5.73 Å². The Balaban J connectivity index is 3.31. The molecular weight excluding hydrogens is 196 g/mol. The predicted molar refractivity (Wildman–Crippen MR) is 42.7 cm³/mol. The van der Waals surface area contributed by atoms with Crippen molar-refractivity contribution in [2.75, 3.05) is 5.75 Å². The molecule has 1 heterocycles. The van der Waals surface area contributed by atoms with Crippen molar-refractivity contribution in [3.8, 4) is 0 Å². The number of nitrogens with two attached hydrogens (primary N) is 1. The molecule has 0 aliphatic rings. The van der Waals surface area contributed by atoms with Crippen LogP contribution in [0.25, 0.3) is 0 Å². The fourth-order valence-corrected chi connectivity index (χ4v) is 1.70. The molecule has 13 heavy (non-hydrogen) atoms. The summed E-state index contributed by atoms with van der Waals surface area (Å²) in [5.74, 6) is -1.05. The normalized spacial score (nSPS) is 11.5. The number of nitrogens with zero attached hydrogens (tertiary/aromatic N) is 1. The number of amides is 1. The van der Waals surface area contributed by atoms with E-state index in [1.165, 1.54) is 6.92 Å². The summed E-state index contributed by atoms with van der Waals surface area (Å²) in [6.45, 7) is 1.45. The molecule has 6 nitrogen and oxygen atoms in total. The van der Waals surface area contributed by atoms with Gasteiger partial charge in [-0.3, -0.25) is 4.79 Å². The van der Waals surface area contributed by atoms with E-state index in [-0.39, 0.29) is 16.3 Å². The molecule has 7 heteroatoms. The highest BCUT2D eigenvalue weighted by Gasteiger charge is 2.23. The van der Waals surface area contributed by atoms with Crippen LogP contribution in [0.5, 0.6) is 0 Å². The van der Waals surface area contributed by atoms with E-state index in [9.17, 15) is 13.2 Å². The summed E-state index contributed by atoms with van der Waals surface area (Å²) in [5.41, 5.74) is 4.54. The largest absolute Gasteiger partial charge is 0.364 e. The number of carbonyl (C=O) groups excluding carboxylic acids is 1. The molecule has 0 saturated heterocycles. The lowest BCUT2D eigenvalue weighted by atomic mass is 10.4. The Kier molecular flexibility index (Phi) is 2.37. The van der Waals surface area contributed by atoms with Crippen molar-refractivity contribution in [1.82, 2.24) is 5.16 Å². The molecule has 0 aromatic carbocycles. The Morgan fingerprint density at radius 1 is 1.69 bits per heavy atom. The van der Waals surface area contributed by atoms with Gasteiger partial charge in [-0.25, -0.2) is 8.42 Å². The van der Waals surface area contributed by atoms with Gasteiger partial charge < -0.3 is 10.3 Å². The van der Waals surface area contributed by atoms with Crippen molar-refractivity contribution in [1.29, 1.82) is 0 Å². The van der Waals surface area contributed by atoms with Crippen LogP contribution in [-0.2, 0) is 9.84 Å². The fraction of sp³-hybridized carbons (Fsp3) is 0.333. The molecule has 0 fully saturated rings. The van der Waals surface area contributed by atoms with Crippen LogP contribution in [0.2, 0.25) is 0 Å². The first kappa shape index (κ1) is 9.72. The number of sulfone groups is 1. The van der Waals surface area contributed by atoms with Gasteiger partial charge in [-0.1, -0.05) is 12.1 Å². The summed E-state index contributed by atoms with van der Waals surface area (Å²) in [5, 5.41) is 3.20. The summed E-state index contributed by atoms with van der Waals surface area (Å²) in [6, 6.07) is 0. The minimum atomic E-state index is -3.49. The zero-order valence-electron chi connectivity index (χ0n) is 6.85.